The maximum atomic E-state index is 13.2. The van der Waals surface area contributed by atoms with E-state index in [-0.39, 0.29) is 23.2 Å². The van der Waals surface area contributed by atoms with Crippen LogP contribution in [0, 0.1) is 24.7 Å². The number of amides is 1. The van der Waals surface area contributed by atoms with Crippen molar-refractivity contribution in [2.75, 3.05) is 5.32 Å². The molecule has 7 heteroatoms. The second kappa shape index (κ2) is 8.33. The summed E-state index contributed by atoms with van der Waals surface area (Å²) in [4.78, 5) is 27.2. The van der Waals surface area contributed by atoms with E-state index < -0.39 is 0 Å². The maximum absolute atomic E-state index is 13.2. The summed E-state index contributed by atoms with van der Waals surface area (Å²) in [6, 6.07) is 15.9. The van der Waals surface area contributed by atoms with Crippen molar-refractivity contribution in [3.8, 4) is 0 Å². The molecule has 0 saturated heterocycles. The van der Waals surface area contributed by atoms with E-state index in [0.717, 1.165) is 32.1 Å². The number of fused-ring (bicyclic) bond motifs is 6. The fraction of sp³-hybridized carbons (Fsp3) is 0.385. The first kappa shape index (κ1) is 21.5. The molecule has 1 amide bonds. The van der Waals surface area contributed by atoms with E-state index in [1.807, 2.05) is 55.1 Å². The van der Waals surface area contributed by atoms with Gasteiger partial charge in [0.05, 0.1) is 5.03 Å². The third-order valence-electron chi connectivity index (χ3n) is 7.64. The standard InChI is InChI=1S/C26H25ClN2O2S2/c1-14-4-2-3-5-19(14)28-20(30)13-29-25-24(33-26(29)31)21(15-8-10-18(27)11-9-15)22-16-6-7-17(12-16)23(22)32-25/h2-5,8-11,16-17,21-23H,6-7,12-13H2,1H3,(H,28,30). The van der Waals surface area contributed by atoms with Crippen LogP contribution >= 0.6 is 34.7 Å². The van der Waals surface area contributed by atoms with Gasteiger partial charge in [-0.25, -0.2) is 0 Å². The lowest BCUT2D eigenvalue weighted by Crippen LogP contribution is -2.34. The van der Waals surface area contributed by atoms with Crippen molar-refractivity contribution in [2.24, 2.45) is 17.8 Å². The first-order chi connectivity index (χ1) is 16.0. The van der Waals surface area contributed by atoms with Crippen molar-refractivity contribution < 1.29 is 4.79 Å². The van der Waals surface area contributed by atoms with Crippen molar-refractivity contribution in [1.82, 2.24) is 4.57 Å². The lowest BCUT2D eigenvalue weighted by Gasteiger charge is -2.40. The van der Waals surface area contributed by atoms with Gasteiger partial charge in [-0.1, -0.05) is 53.3 Å². The summed E-state index contributed by atoms with van der Waals surface area (Å²) in [5, 5.41) is 5.23. The topological polar surface area (TPSA) is 51.1 Å². The summed E-state index contributed by atoms with van der Waals surface area (Å²) in [5.74, 6) is 2.02. The fourth-order valence-electron chi connectivity index (χ4n) is 6.18. The van der Waals surface area contributed by atoms with Crippen LogP contribution in [0.15, 0.2) is 58.4 Å². The lowest BCUT2D eigenvalue weighted by molar-refractivity contribution is -0.116. The zero-order chi connectivity index (χ0) is 22.7. The summed E-state index contributed by atoms with van der Waals surface area (Å²) in [6.45, 7) is 2.01. The van der Waals surface area contributed by atoms with Crippen LogP contribution in [0.4, 0.5) is 5.69 Å². The number of halogens is 1. The van der Waals surface area contributed by atoms with Crippen LogP contribution in [0.1, 0.15) is 41.2 Å². The third-order valence-corrected chi connectivity index (χ3v) is 10.7. The number of thiazole rings is 1. The number of aryl methyl sites for hydroxylation is 1. The minimum Gasteiger partial charge on any atom is -0.324 e. The summed E-state index contributed by atoms with van der Waals surface area (Å²) in [7, 11) is 0. The Hall–Kier alpha value is -2.02. The Morgan fingerprint density at radius 1 is 1.12 bits per heavy atom. The molecule has 3 aromatic rings. The first-order valence-corrected chi connectivity index (χ1v) is 13.6. The predicted molar refractivity (Wildman–Crippen MR) is 136 cm³/mol. The first-order valence-electron chi connectivity index (χ1n) is 11.5. The summed E-state index contributed by atoms with van der Waals surface area (Å²) in [6.07, 6.45) is 3.86. The van der Waals surface area contributed by atoms with E-state index in [4.69, 9.17) is 11.6 Å². The van der Waals surface area contributed by atoms with Gasteiger partial charge < -0.3 is 5.32 Å². The molecule has 2 saturated carbocycles. The monoisotopic (exact) mass is 496 g/mol. The van der Waals surface area contributed by atoms with E-state index >= 15 is 0 Å². The molecule has 2 fully saturated rings. The molecule has 6 rings (SSSR count). The third kappa shape index (κ3) is 3.67. The average molecular weight is 497 g/mol. The minimum absolute atomic E-state index is 0.0429. The Labute approximate surface area is 206 Å². The van der Waals surface area contributed by atoms with Crippen LogP contribution in [0.2, 0.25) is 5.02 Å². The Morgan fingerprint density at radius 3 is 2.67 bits per heavy atom. The number of benzene rings is 2. The molecule has 4 nitrogen and oxygen atoms in total. The van der Waals surface area contributed by atoms with Gasteiger partial charge in [-0.3, -0.25) is 14.2 Å². The number of carbonyl (C=O) groups is 1. The van der Waals surface area contributed by atoms with Gasteiger partial charge >= 0.3 is 4.87 Å². The van der Waals surface area contributed by atoms with E-state index in [0.29, 0.717) is 17.1 Å². The number of nitrogens with one attached hydrogen (secondary N) is 1. The second-order valence-electron chi connectivity index (χ2n) is 9.51. The number of para-hydroxylation sites is 1. The number of thioether (sulfide) groups is 1. The molecule has 5 unspecified atom stereocenters. The number of carbonyl (C=O) groups excluding carboxylic acids is 1. The van der Waals surface area contributed by atoms with E-state index in [2.05, 4.69) is 17.4 Å². The molecule has 2 aromatic carbocycles. The molecular weight excluding hydrogens is 472 g/mol. The molecule has 0 spiro atoms. The maximum Gasteiger partial charge on any atom is 0.308 e. The molecule has 33 heavy (non-hydrogen) atoms. The quantitative estimate of drug-likeness (QED) is 0.470. The highest BCUT2D eigenvalue weighted by Gasteiger charge is 2.55. The van der Waals surface area contributed by atoms with Gasteiger partial charge in [0.2, 0.25) is 5.91 Å². The van der Waals surface area contributed by atoms with E-state index in [1.165, 1.54) is 36.2 Å². The number of aromatic nitrogens is 1. The highest BCUT2D eigenvalue weighted by Crippen LogP contribution is 2.64. The van der Waals surface area contributed by atoms with Gasteiger partial charge in [-0.2, -0.15) is 0 Å². The molecule has 1 aromatic heterocycles. The second-order valence-corrected chi connectivity index (χ2v) is 12.1. The van der Waals surface area contributed by atoms with Gasteiger partial charge in [-0.15, -0.1) is 11.8 Å². The average Bonchev–Trinajstić information content (AvgIpc) is 3.49. The van der Waals surface area contributed by atoms with Crippen LogP contribution in [0.3, 0.4) is 0 Å². The van der Waals surface area contributed by atoms with E-state index in [1.54, 1.807) is 4.57 Å². The zero-order valence-corrected chi connectivity index (χ0v) is 20.7. The normalized spacial score (nSPS) is 27.3. The molecule has 3 aliphatic rings. The van der Waals surface area contributed by atoms with Crippen molar-refractivity contribution in [2.45, 2.75) is 48.9 Å². The van der Waals surface area contributed by atoms with Crippen molar-refractivity contribution in [1.29, 1.82) is 0 Å². The summed E-state index contributed by atoms with van der Waals surface area (Å²) in [5.41, 5.74) is 3.04. The predicted octanol–water partition coefficient (Wildman–Crippen LogP) is 6.16. The highest BCUT2D eigenvalue weighted by molar-refractivity contribution is 8.00. The Kier molecular flexibility index (Phi) is 5.43. The Morgan fingerprint density at radius 2 is 1.88 bits per heavy atom. The molecule has 2 bridgehead atoms. The Balaban J connectivity index is 1.37. The minimum atomic E-state index is -0.161. The smallest absolute Gasteiger partial charge is 0.308 e. The lowest BCUT2D eigenvalue weighted by atomic mass is 9.75. The van der Waals surface area contributed by atoms with Crippen LogP contribution in [-0.4, -0.2) is 15.7 Å². The van der Waals surface area contributed by atoms with Gasteiger partial charge in [0.25, 0.3) is 0 Å². The molecule has 5 atom stereocenters. The molecule has 0 radical (unpaired) electrons. The van der Waals surface area contributed by atoms with Crippen molar-refractivity contribution >= 4 is 46.3 Å². The largest absolute Gasteiger partial charge is 0.324 e. The van der Waals surface area contributed by atoms with Gasteiger partial charge in [-0.05, 0) is 73.3 Å². The number of rotatable bonds is 4. The van der Waals surface area contributed by atoms with Crippen LogP contribution in [0.5, 0.6) is 0 Å². The summed E-state index contributed by atoms with van der Waals surface area (Å²) >= 11 is 9.37. The van der Waals surface area contributed by atoms with Gasteiger partial charge in [0.1, 0.15) is 6.54 Å². The Bertz CT molecular complexity index is 1280. The SMILES string of the molecule is Cc1ccccc1NC(=O)Cn1c2c(sc1=O)C(c1ccc(Cl)cc1)C1C3CCC(C3)C1S2. The number of nitrogens with zero attached hydrogens (tertiary/aromatic N) is 1. The van der Waals surface area contributed by atoms with Crippen molar-refractivity contribution in [3.05, 3.63) is 79.2 Å². The van der Waals surface area contributed by atoms with Gasteiger partial charge in [0, 0.05) is 26.8 Å². The molecule has 1 aliphatic heterocycles. The number of anilines is 1. The van der Waals surface area contributed by atoms with Crippen LogP contribution < -0.4 is 10.2 Å². The zero-order valence-electron chi connectivity index (χ0n) is 18.3. The molecule has 2 heterocycles. The molecule has 1 N–H and O–H groups in total. The number of hydrogen-bond acceptors (Lipinski definition) is 4. The van der Waals surface area contributed by atoms with Crippen LogP contribution in [0.25, 0.3) is 0 Å². The highest BCUT2D eigenvalue weighted by atomic mass is 35.5. The van der Waals surface area contributed by atoms with Crippen molar-refractivity contribution in [3.63, 3.8) is 0 Å². The molecule has 170 valence electrons. The van der Waals surface area contributed by atoms with Gasteiger partial charge in [0.15, 0.2) is 0 Å². The van der Waals surface area contributed by atoms with E-state index in [9.17, 15) is 9.59 Å². The number of hydrogen-bond donors (Lipinski definition) is 1. The summed E-state index contributed by atoms with van der Waals surface area (Å²) < 4.78 is 1.71. The van der Waals surface area contributed by atoms with Crippen LogP contribution in [-0.2, 0) is 11.3 Å². The molecular formula is C26H25ClN2O2S2. The molecule has 2 aliphatic carbocycles. The fourth-order valence-corrected chi connectivity index (χ4v) is 9.45.